The van der Waals surface area contributed by atoms with Gasteiger partial charge in [-0.2, -0.15) is 0 Å². The van der Waals surface area contributed by atoms with Crippen LogP contribution in [-0.4, -0.2) is 65.7 Å². The molecular weight excluding hydrogens is 454 g/mol. The summed E-state index contributed by atoms with van der Waals surface area (Å²) in [5, 5.41) is 15.9. The van der Waals surface area contributed by atoms with Gasteiger partial charge in [-0.05, 0) is 45.6 Å². The van der Waals surface area contributed by atoms with Crippen LogP contribution in [0.25, 0.3) is 0 Å². The first kappa shape index (κ1) is 29.7. The van der Waals surface area contributed by atoms with E-state index in [1.807, 2.05) is 6.92 Å². The second kappa shape index (κ2) is 13.0. The molecule has 0 saturated heterocycles. The molecule has 196 valence electrons. The number of para-hydroxylation sites is 1. The Labute approximate surface area is 207 Å². The third kappa shape index (κ3) is 8.77. The van der Waals surface area contributed by atoms with Gasteiger partial charge in [-0.3, -0.25) is 14.4 Å². The number of carbonyl (C=O) groups is 4. The van der Waals surface area contributed by atoms with E-state index < -0.39 is 48.1 Å². The van der Waals surface area contributed by atoms with E-state index in [-0.39, 0.29) is 23.8 Å². The van der Waals surface area contributed by atoms with Crippen LogP contribution in [0.3, 0.4) is 0 Å². The van der Waals surface area contributed by atoms with Gasteiger partial charge in [0.1, 0.15) is 30.0 Å². The Kier molecular flexibility index (Phi) is 11.0. The first-order valence-corrected chi connectivity index (χ1v) is 11.7. The van der Waals surface area contributed by atoms with E-state index in [4.69, 9.17) is 4.74 Å². The predicted molar refractivity (Wildman–Crippen MR) is 131 cm³/mol. The van der Waals surface area contributed by atoms with Crippen LogP contribution < -0.4 is 10.6 Å². The summed E-state index contributed by atoms with van der Waals surface area (Å²) in [5.74, 6) is -2.32. The molecular formula is C25H39N3O7. The van der Waals surface area contributed by atoms with Crippen molar-refractivity contribution in [2.45, 2.75) is 72.6 Å². The zero-order chi connectivity index (χ0) is 26.9. The number of hydrogen-bond acceptors (Lipinski definition) is 7. The van der Waals surface area contributed by atoms with E-state index in [9.17, 15) is 24.3 Å². The molecule has 0 aromatic heterocycles. The van der Waals surface area contributed by atoms with E-state index in [0.717, 1.165) is 0 Å². The predicted octanol–water partition coefficient (Wildman–Crippen LogP) is 2.82. The van der Waals surface area contributed by atoms with Crippen molar-refractivity contribution < 1.29 is 33.8 Å². The molecule has 1 aromatic rings. The molecule has 0 bridgehead atoms. The number of nitrogens with one attached hydrogen (secondary N) is 2. The van der Waals surface area contributed by atoms with Crippen LogP contribution in [0.4, 0.5) is 4.79 Å². The number of phenolic OH excluding ortho intramolecular Hbond substituents is 1. The highest BCUT2D eigenvalue weighted by atomic mass is 16.6. The topological polar surface area (TPSA) is 134 Å². The number of aromatic hydroxyl groups is 1. The Morgan fingerprint density at radius 2 is 1.77 bits per heavy atom. The summed E-state index contributed by atoms with van der Waals surface area (Å²) >= 11 is 0. The Balaban J connectivity index is 3.48. The van der Waals surface area contributed by atoms with Gasteiger partial charge in [0.15, 0.2) is 0 Å². The number of esters is 1. The van der Waals surface area contributed by atoms with Gasteiger partial charge >= 0.3 is 12.1 Å². The maximum Gasteiger partial charge on any atom is 0.408 e. The van der Waals surface area contributed by atoms with E-state index in [1.165, 1.54) is 12.0 Å². The van der Waals surface area contributed by atoms with Crippen molar-refractivity contribution in [2.75, 3.05) is 20.2 Å². The van der Waals surface area contributed by atoms with Crippen molar-refractivity contribution in [3.8, 4) is 5.75 Å². The average Bonchev–Trinajstić information content (AvgIpc) is 2.76. The molecule has 0 aliphatic heterocycles. The molecule has 0 spiro atoms. The number of hydrogen-bond donors (Lipinski definition) is 3. The van der Waals surface area contributed by atoms with Gasteiger partial charge in [-0.1, -0.05) is 39.0 Å². The molecule has 3 N–H and O–H groups in total. The number of amides is 3. The van der Waals surface area contributed by atoms with Gasteiger partial charge in [-0.15, -0.1) is 0 Å². The molecule has 10 nitrogen and oxygen atoms in total. The lowest BCUT2D eigenvalue weighted by Gasteiger charge is -2.35. The third-order valence-electron chi connectivity index (χ3n) is 5.11. The molecule has 0 heterocycles. The quantitative estimate of drug-likeness (QED) is 0.427. The number of methoxy groups -OCH3 is 1. The fourth-order valence-electron chi connectivity index (χ4n) is 3.42. The number of aryl methyl sites for hydroxylation is 1. The molecule has 10 heteroatoms. The Bertz CT molecular complexity index is 909. The molecule has 35 heavy (non-hydrogen) atoms. The molecule has 0 fully saturated rings. The van der Waals surface area contributed by atoms with Crippen LogP contribution in [0.15, 0.2) is 18.2 Å². The molecule has 0 radical (unpaired) electrons. The van der Waals surface area contributed by atoms with Crippen molar-refractivity contribution in [3.63, 3.8) is 0 Å². The standard InChI is InChI=1S/C25H39N3O7/c1-9-13-28(23(32)19(15(2)3)27-24(33)35-25(5,6)7)20(22(31)26-14-18(29)34-8)17-12-10-11-16(4)21(17)30/h10-12,15,19-20,30H,9,13-14H2,1-8H3,(H,26,31)(H,27,33). The highest BCUT2D eigenvalue weighted by molar-refractivity contribution is 5.93. The van der Waals surface area contributed by atoms with E-state index >= 15 is 0 Å². The molecule has 0 aliphatic rings. The monoisotopic (exact) mass is 493 g/mol. The van der Waals surface area contributed by atoms with Gasteiger partial charge in [-0.25, -0.2) is 4.79 Å². The fourth-order valence-corrected chi connectivity index (χ4v) is 3.42. The number of ether oxygens (including phenoxy) is 2. The summed E-state index contributed by atoms with van der Waals surface area (Å²) < 4.78 is 9.91. The van der Waals surface area contributed by atoms with Crippen LogP contribution in [0, 0.1) is 12.8 Å². The summed E-state index contributed by atoms with van der Waals surface area (Å²) in [6.45, 7) is 11.9. The van der Waals surface area contributed by atoms with Gasteiger partial charge in [0.05, 0.1) is 7.11 Å². The maximum absolute atomic E-state index is 13.8. The van der Waals surface area contributed by atoms with Crippen molar-refractivity contribution in [1.82, 2.24) is 15.5 Å². The Morgan fingerprint density at radius 3 is 2.29 bits per heavy atom. The van der Waals surface area contributed by atoms with Gasteiger partial charge in [0.2, 0.25) is 11.8 Å². The Morgan fingerprint density at radius 1 is 1.14 bits per heavy atom. The van der Waals surface area contributed by atoms with Crippen molar-refractivity contribution in [3.05, 3.63) is 29.3 Å². The largest absolute Gasteiger partial charge is 0.507 e. The normalized spacial score (nSPS) is 12.9. The van der Waals surface area contributed by atoms with Gasteiger partial charge < -0.3 is 30.1 Å². The first-order valence-electron chi connectivity index (χ1n) is 11.7. The summed E-state index contributed by atoms with van der Waals surface area (Å²) in [7, 11) is 1.20. The second-order valence-corrected chi connectivity index (χ2v) is 9.61. The van der Waals surface area contributed by atoms with Gasteiger partial charge in [0.25, 0.3) is 0 Å². The lowest BCUT2D eigenvalue weighted by atomic mass is 9.97. The number of benzene rings is 1. The number of alkyl carbamates (subject to hydrolysis) is 1. The second-order valence-electron chi connectivity index (χ2n) is 9.61. The van der Waals surface area contributed by atoms with Crippen molar-refractivity contribution in [2.24, 2.45) is 5.92 Å². The lowest BCUT2D eigenvalue weighted by molar-refractivity contribution is -0.145. The zero-order valence-corrected chi connectivity index (χ0v) is 21.9. The molecule has 0 saturated carbocycles. The van der Waals surface area contributed by atoms with Crippen LogP contribution in [0.5, 0.6) is 5.75 Å². The number of nitrogens with zero attached hydrogens (tertiary/aromatic N) is 1. The van der Waals surface area contributed by atoms with Crippen LogP contribution in [0.1, 0.15) is 65.1 Å². The van der Waals surface area contributed by atoms with Crippen molar-refractivity contribution in [1.29, 1.82) is 0 Å². The van der Waals surface area contributed by atoms with E-state index in [0.29, 0.717) is 12.0 Å². The zero-order valence-electron chi connectivity index (χ0n) is 21.9. The molecule has 1 aromatic carbocycles. The van der Waals surface area contributed by atoms with E-state index in [2.05, 4.69) is 15.4 Å². The van der Waals surface area contributed by atoms with E-state index in [1.54, 1.807) is 59.7 Å². The van der Waals surface area contributed by atoms with Crippen LogP contribution in [0.2, 0.25) is 0 Å². The summed E-state index contributed by atoms with van der Waals surface area (Å²) in [4.78, 5) is 52.5. The number of carbonyl (C=O) groups excluding carboxylic acids is 4. The minimum atomic E-state index is -1.26. The first-order chi connectivity index (χ1) is 16.2. The van der Waals surface area contributed by atoms with Crippen LogP contribution >= 0.6 is 0 Å². The Hall–Kier alpha value is -3.30. The minimum absolute atomic E-state index is 0.138. The molecule has 3 amide bonds. The van der Waals surface area contributed by atoms with Crippen molar-refractivity contribution >= 4 is 23.9 Å². The minimum Gasteiger partial charge on any atom is -0.507 e. The van der Waals surface area contributed by atoms with Crippen LogP contribution in [-0.2, 0) is 23.9 Å². The summed E-state index contributed by atoms with van der Waals surface area (Å²) in [5.41, 5.74) is -0.0417. The lowest BCUT2D eigenvalue weighted by Crippen LogP contribution is -2.55. The molecule has 1 rings (SSSR count). The molecule has 2 atom stereocenters. The third-order valence-corrected chi connectivity index (χ3v) is 5.11. The average molecular weight is 494 g/mol. The smallest absolute Gasteiger partial charge is 0.408 e. The SMILES string of the molecule is CCCN(C(=O)C(NC(=O)OC(C)(C)C)C(C)C)C(C(=O)NCC(=O)OC)c1cccc(C)c1O. The molecule has 2 unspecified atom stereocenters. The fraction of sp³-hybridized carbons (Fsp3) is 0.600. The number of rotatable bonds is 10. The highest BCUT2D eigenvalue weighted by Crippen LogP contribution is 2.32. The maximum atomic E-state index is 13.8. The summed E-state index contributed by atoms with van der Waals surface area (Å²) in [6.07, 6.45) is -0.262. The summed E-state index contributed by atoms with van der Waals surface area (Å²) in [6, 6.07) is 2.63. The highest BCUT2D eigenvalue weighted by Gasteiger charge is 2.38. The number of phenols is 1. The van der Waals surface area contributed by atoms with Gasteiger partial charge in [0, 0.05) is 12.1 Å². The molecule has 0 aliphatic carbocycles.